The number of hydrogen-bond acceptors (Lipinski definition) is 2. The minimum atomic E-state index is 0. The van der Waals surface area contributed by atoms with Crippen LogP contribution in [0.25, 0.3) is 0 Å². The number of thioether (sulfide) groups is 1. The molecule has 0 atom stereocenters. The van der Waals surface area contributed by atoms with E-state index >= 15 is 0 Å². The highest BCUT2D eigenvalue weighted by molar-refractivity contribution is 14.0. The Balaban J connectivity index is 0. The molecule has 0 radical (unpaired) electrons. The molecule has 0 aromatic carbocycles. The van der Waals surface area contributed by atoms with E-state index in [9.17, 15) is 0 Å². The molecule has 0 saturated heterocycles. The number of aliphatic imine (C=N–C) groups is 1. The van der Waals surface area contributed by atoms with E-state index in [1.165, 1.54) is 0 Å². The second kappa shape index (κ2) is 7.65. The van der Waals surface area contributed by atoms with Gasteiger partial charge in [0.2, 0.25) is 0 Å². The summed E-state index contributed by atoms with van der Waals surface area (Å²) < 4.78 is 0. The van der Waals surface area contributed by atoms with Gasteiger partial charge in [-0.05, 0) is 19.6 Å². The molecule has 0 unspecified atom stereocenters. The lowest BCUT2D eigenvalue weighted by molar-refractivity contribution is 0.838. The van der Waals surface area contributed by atoms with E-state index in [4.69, 9.17) is 5.73 Å². The van der Waals surface area contributed by atoms with Gasteiger partial charge >= 0.3 is 0 Å². The van der Waals surface area contributed by atoms with Crippen LogP contribution in [-0.2, 0) is 0 Å². The van der Waals surface area contributed by atoms with E-state index in [-0.39, 0.29) is 24.0 Å². The predicted octanol–water partition coefficient (Wildman–Crippen LogP) is 2.08. The third-order valence-corrected chi connectivity index (χ3v) is 1.37. The molecule has 0 saturated carbocycles. The van der Waals surface area contributed by atoms with Gasteiger partial charge in [-0.15, -0.1) is 24.0 Å². The summed E-state index contributed by atoms with van der Waals surface area (Å²) in [5.74, 6) is 1.00. The Morgan fingerprint density at radius 2 is 2.10 bits per heavy atom. The first kappa shape index (κ1) is 13.2. The number of amidine groups is 1. The van der Waals surface area contributed by atoms with Gasteiger partial charge in [0.05, 0.1) is 0 Å². The molecular formula is C6H15IN2S. The molecule has 62 valence electrons. The lowest BCUT2D eigenvalue weighted by Gasteiger charge is -1.98. The highest BCUT2D eigenvalue weighted by Crippen LogP contribution is 1.99. The second-order valence-corrected chi connectivity index (χ2v) is 3.28. The van der Waals surface area contributed by atoms with Crippen LogP contribution in [0.2, 0.25) is 0 Å². The Hall–Kier alpha value is 0.550. The van der Waals surface area contributed by atoms with Crippen LogP contribution >= 0.6 is 35.7 Å². The molecule has 2 nitrogen and oxygen atoms in total. The third kappa shape index (κ3) is 8.55. The fraction of sp³-hybridized carbons (Fsp3) is 0.833. The SMILES string of the molecule is CCSC(N)=NC(C)C.I. The summed E-state index contributed by atoms with van der Waals surface area (Å²) in [5.41, 5.74) is 5.50. The van der Waals surface area contributed by atoms with Crippen molar-refractivity contribution in [3.05, 3.63) is 0 Å². The normalized spacial score (nSPS) is 11.4. The van der Waals surface area contributed by atoms with Gasteiger partial charge < -0.3 is 5.73 Å². The van der Waals surface area contributed by atoms with Crippen molar-refractivity contribution < 1.29 is 0 Å². The zero-order chi connectivity index (χ0) is 7.28. The van der Waals surface area contributed by atoms with Crippen molar-refractivity contribution in [2.75, 3.05) is 5.75 Å². The van der Waals surface area contributed by atoms with E-state index in [1.54, 1.807) is 11.8 Å². The first-order chi connectivity index (χ1) is 4.16. The van der Waals surface area contributed by atoms with Crippen LogP contribution < -0.4 is 5.73 Å². The van der Waals surface area contributed by atoms with Crippen molar-refractivity contribution in [2.45, 2.75) is 26.8 Å². The van der Waals surface area contributed by atoms with E-state index in [0.717, 1.165) is 5.75 Å². The van der Waals surface area contributed by atoms with E-state index in [0.29, 0.717) is 11.2 Å². The molecular weight excluding hydrogens is 259 g/mol. The van der Waals surface area contributed by atoms with E-state index in [1.807, 2.05) is 13.8 Å². The highest BCUT2D eigenvalue weighted by atomic mass is 127. The molecule has 0 heterocycles. The Morgan fingerprint density at radius 3 is 2.40 bits per heavy atom. The largest absolute Gasteiger partial charge is 0.379 e. The molecule has 4 heteroatoms. The predicted molar refractivity (Wildman–Crippen MR) is 60.3 cm³/mol. The maximum Gasteiger partial charge on any atom is 0.154 e. The molecule has 2 N–H and O–H groups in total. The summed E-state index contributed by atoms with van der Waals surface area (Å²) in [6.45, 7) is 6.10. The van der Waals surface area contributed by atoms with E-state index < -0.39 is 0 Å². The molecule has 0 rings (SSSR count). The lowest BCUT2D eigenvalue weighted by atomic mass is 10.4. The summed E-state index contributed by atoms with van der Waals surface area (Å²) >= 11 is 1.59. The number of hydrogen-bond donors (Lipinski definition) is 1. The van der Waals surface area contributed by atoms with E-state index in [2.05, 4.69) is 11.9 Å². The van der Waals surface area contributed by atoms with Crippen LogP contribution in [0.3, 0.4) is 0 Å². The fourth-order valence-corrected chi connectivity index (χ4v) is 1.02. The molecule has 0 aromatic rings. The molecule has 0 aliphatic rings. The summed E-state index contributed by atoms with van der Waals surface area (Å²) in [7, 11) is 0. The minimum Gasteiger partial charge on any atom is -0.379 e. The first-order valence-corrected chi connectivity index (χ1v) is 4.11. The monoisotopic (exact) mass is 274 g/mol. The zero-order valence-corrected chi connectivity index (χ0v) is 9.77. The second-order valence-electron chi connectivity index (χ2n) is 1.99. The minimum absolute atomic E-state index is 0. The summed E-state index contributed by atoms with van der Waals surface area (Å²) in [6.07, 6.45) is 0. The standard InChI is InChI=1S/C6H14N2S.HI/c1-4-9-6(7)8-5(2)3;/h5H,4H2,1-3H3,(H2,7,8);1H. The summed E-state index contributed by atoms with van der Waals surface area (Å²) in [4.78, 5) is 4.12. The maximum atomic E-state index is 5.50. The van der Waals surface area contributed by atoms with Crippen LogP contribution in [0, 0.1) is 0 Å². The lowest BCUT2D eigenvalue weighted by Crippen LogP contribution is -2.09. The number of nitrogens with two attached hydrogens (primary N) is 1. The van der Waals surface area contributed by atoms with Crippen LogP contribution in [0.5, 0.6) is 0 Å². The average Bonchev–Trinajstić information content (AvgIpc) is 1.63. The highest BCUT2D eigenvalue weighted by Gasteiger charge is 1.91. The van der Waals surface area contributed by atoms with Crippen molar-refractivity contribution in [1.29, 1.82) is 0 Å². The van der Waals surface area contributed by atoms with Gasteiger partial charge in [-0.3, -0.25) is 4.99 Å². The molecule has 0 bridgehead atoms. The first-order valence-electron chi connectivity index (χ1n) is 3.13. The Kier molecular flexibility index (Phi) is 10.1. The van der Waals surface area contributed by atoms with Crippen molar-refractivity contribution in [3.63, 3.8) is 0 Å². The van der Waals surface area contributed by atoms with Crippen molar-refractivity contribution in [2.24, 2.45) is 10.7 Å². The third-order valence-electron chi connectivity index (χ3n) is 0.678. The van der Waals surface area contributed by atoms with Gasteiger partial charge in [-0.25, -0.2) is 0 Å². The number of nitrogens with zero attached hydrogens (tertiary/aromatic N) is 1. The number of halogens is 1. The molecule has 0 aromatic heterocycles. The maximum absolute atomic E-state index is 5.50. The van der Waals surface area contributed by atoms with Gasteiger partial charge in [0.15, 0.2) is 5.17 Å². The van der Waals surface area contributed by atoms with Gasteiger partial charge in [0.1, 0.15) is 0 Å². The van der Waals surface area contributed by atoms with Crippen molar-refractivity contribution >= 4 is 40.9 Å². The molecule has 0 fully saturated rings. The topological polar surface area (TPSA) is 38.4 Å². The molecule has 10 heavy (non-hydrogen) atoms. The Bertz CT molecular complexity index is 104. The van der Waals surface area contributed by atoms with Gasteiger partial charge in [0.25, 0.3) is 0 Å². The van der Waals surface area contributed by atoms with Crippen LogP contribution in [0.4, 0.5) is 0 Å². The van der Waals surface area contributed by atoms with Gasteiger partial charge in [-0.2, -0.15) is 0 Å². The summed E-state index contributed by atoms with van der Waals surface area (Å²) in [6, 6.07) is 0.323. The zero-order valence-electron chi connectivity index (χ0n) is 6.63. The number of rotatable bonds is 2. The van der Waals surface area contributed by atoms with Gasteiger partial charge in [0, 0.05) is 6.04 Å². The van der Waals surface area contributed by atoms with Crippen LogP contribution in [0.15, 0.2) is 4.99 Å². The fourth-order valence-electron chi connectivity index (χ4n) is 0.440. The Morgan fingerprint density at radius 1 is 1.60 bits per heavy atom. The molecule has 0 amide bonds. The average molecular weight is 274 g/mol. The quantitative estimate of drug-likeness (QED) is 0.475. The van der Waals surface area contributed by atoms with Crippen LogP contribution in [0.1, 0.15) is 20.8 Å². The molecule has 0 aliphatic heterocycles. The van der Waals surface area contributed by atoms with Crippen molar-refractivity contribution in [3.8, 4) is 0 Å². The smallest absolute Gasteiger partial charge is 0.154 e. The van der Waals surface area contributed by atoms with Crippen molar-refractivity contribution in [1.82, 2.24) is 0 Å². The molecule has 0 aliphatic carbocycles. The molecule has 0 spiro atoms. The Labute approximate surface area is 84.1 Å². The van der Waals surface area contributed by atoms with Crippen LogP contribution in [-0.4, -0.2) is 17.0 Å². The van der Waals surface area contributed by atoms with Gasteiger partial charge in [-0.1, -0.05) is 18.7 Å². The summed E-state index contributed by atoms with van der Waals surface area (Å²) in [5, 5.41) is 0.701.